The summed E-state index contributed by atoms with van der Waals surface area (Å²) in [6, 6.07) is 13.4. The predicted molar refractivity (Wildman–Crippen MR) is 123 cm³/mol. The summed E-state index contributed by atoms with van der Waals surface area (Å²) < 4.78 is 32.2. The second-order valence-corrected chi connectivity index (χ2v) is 9.29. The van der Waals surface area contributed by atoms with Gasteiger partial charge in [-0.3, -0.25) is 4.79 Å². The minimum absolute atomic E-state index is 0.146. The van der Waals surface area contributed by atoms with Gasteiger partial charge in [-0.25, -0.2) is 13.4 Å². The Bertz CT molecular complexity index is 1150. The summed E-state index contributed by atoms with van der Waals surface area (Å²) in [6.07, 6.45) is 0. The van der Waals surface area contributed by atoms with E-state index in [1.165, 1.54) is 30.6 Å². The summed E-state index contributed by atoms with van der Waals surface area (Å²) >= 11 is 1.47. The Morgan fingerprint density at radius 1 is 1.19 bits per heavy atom. The normalized spacial score (nSPS) is 11.4. The van der Waals surface area contributed by atoms with Crippen LogP contribution in [-0.4, -0.2) is 50.9 Å². The molecule has 164 valence electrons. The van der Waals surface area contributed by atoms with Gasteiger partial charge in [0.25, 0.3) is 0 Å². The van der Waals surface area contributed by atoms with Crippen molar-refractivity contribution in [2.24, 2.45) is 0 Å². The van der Waals surface area contributed by atoms with E-state index in [4.69, 9.17) is 4.74 Å². The van der Waals surface area contributed by atoms with Crippen LogP contribution >= 0.6 is 11.3 Å². The number of hydrogen-bond donors (Lipinski definition) is 2. The molecule has 0 spiro atoms. The average Bonchev–Trinajstić information content (AvgIpc) is 3.27. The van der Waals surface area contributed by atoms with E-state index >= 15 is 0 Å². The van der Waals surface area contributed by atoms with Gasteiger partial charge in [0.1, 0.15) is 5.75 Å². The SMILES string of the molecule is CCN(CC(=O)Nc1cc(-c2csc(NC)n2)ccc1OC)S(=O)(=O)c1ccccc1. The first-order chi connectivity index (χ1) is 14.9. The molecule has 0 aliphatic rings. The summed E-state index contributed by atoms with van der Waals surface area (Å²) in [5.74, 6) is 0.00105. The fourth-order valence-corrected chi connectivity index (χ4v) is 5.05. The highest BCUT2D eigenvalue weighted by molar-refractivity contribution is 7.89. The predicted octanol–water partition coefficient (Wildman–Crippen LogP) is 3.51. The quantitative estimate of drug-likeness (QED) is 0.507. The Labute approximate surface area is 185 Å². The molecule has 0 atom stereocenters. The number of nitrogens with one attached hydrogen (secondary N) is 2. The number of aromatic nitrogens is 1. The number of methoxy groups -OCH3 is 1. The van der Waals surface area contributed by atoms with Gasteiger partial charge >= 0.3 is 0 Å². The van der Waals surface area contributed by atoms with Crippen molar-refractivity contribution in [2.45, 2.75) is 11.8 Å². The number of nitrogens with zero attached hydrogens (tertiary/aromatic N) is 2. The van der Waals surface area contributed by atoms with E-state index in [1.807, 2.05) is 11.4 Å². The van der Waals surface area contributed by atoms with Gasteiger partial charge in [-0.05, 0) is 30.3 Å². The van der Waals surface area contributed by atoms with Gasteiger partial charge in [-0.2, -0.15) is 4.31 Å². The van der Waals surface area contributed by atoms with Crippen molar-refractivity contribution < 1.29 is 17.9 Å². The maximum atomic E-state index is 12.9. The molecular weight excluding hydrogens is 436 g/mol. The van der Waals surface area contributed by atoms with Crippen LogP contribution in [0, 0.1) is 0 Å². The zero-order chi connectivity index (χ0) is 22.4. The lowest BCUT2D eigenvalue weighted by Gasteiger charge is -2.20. The Hall–Kier alpha value is -2.95. The first-order valence-electron chi connectivity index (χ1n) is 9.55. The molecule has 2 N–H and O–H groups in total. The molecule has 2 aromatic carbocycles. The highest BCUT2D eigenvalue weighted by Crippen LogP contribution is 2.32. The Morgan fingerprint density at radius 3 is 2.55 bits per heavy atom. The second-order valence-electron chi connectivity index (χ2n) is 6.50. The molecule has 8 nitrogen and oxygen atoms in total. The number of carbonyl (C=O) groups is 1. The molecule has 10 heteroatoms. The molecule has 0 aliphatic carbocycles. The first kappa shape index (κ1) is 22.7. The van der Waals surface area contributed by atoms with Crippen LogP contribution in [0.4, 0.5) is 10.8 Å². The molecule has 1 amide bonds. The van der Waals surface area contributed by atoms with Gasteiger partial charge in [0.2, 0.25) is 15.9 Å². The topological polar surface area (TPSA) is 101 Å². The summed E-state index contributed by atoms with van der Waals surface area (Å²) in [7, 11) is -0.478. The van der Waals surface area contributed by atoms with E-state index in [-0.39, 0.29) is 18.0 Å². The molecule has 1 heterocycles. The number of thiazole rings is 1. The number of ether oxygens (including phenoxy) is 1. The number of amides is 1. The average molecular weight is 461 g/mol. The highest BCUT2D eigenvalue weighted by Gasteiger charge is 2.25. The minimum Gasteiger partial charge on any atom is -0.495 e. The van der Waals surface area contributed by atoms with Crippen molar-refractivity contribution in [3.05, 3.63) is 53.9 Å². The number of carbonyl (C=O) groups excluding carboxylic acids is 1. The van der Waals surface area contributed by atoms with E-state index < -0.39 is 15.9 Å². The molecule has 0 radical (unpaired) electrons. The van der Waals surface area contributed by atoms with Gasteiger partial charge in [0.05, 0.1) is 29.9 Å². The molecule has 31 heavy (non-hydrogen) atoms. The van der Waals surface area contributed by atoms with Crippen LogP contribution in [0.15, 0.2) is 58.8 Å². The molecule has 0 unspecified atom stereocenters. The minimum atomic E-state index is -3.78. The third kappa shape index (κ3) is 5.22. The molecule has 3 rings (SSSR count). The van der Waals surface area contributed by atoms with Crippen LogP contribution in [0.5, 0.6) is 5.75 Å². The molecular formula is C21H24N4O4S2. The Morgan fingerprint density at radius 2 is 1.94 bits per heavy atom. The largest absolute Gasteiger partial charge is 0.495 e. The monoisotopic (exact) mass is 460 g/mol. The van der Waals surface area contributed by atoms with Crippen molar-refractivity contribution in [2.75, 3.05) is 37.9 Å². The smallest absolute Gasteiger partial charge is 0.243 e. The zero-order valence-corrected chi connectivity index (χ0v) is 19.1. The second kappa shape index (κ2) is 9.90. The standard InChI is InChI=1S/C21H24N4O4S2/c1-4-25(31(27,28)16-8-6-5-7-9-16)13-20(26)23-17-12-15(10-11-19(17)29-3)18-14-30-21(22-2)24-18/h5-12,14H,4,13H2,1-3H3,(H,22,24)(H,23,26). The Balaban J connectivity index is 1.81. The third-order valence-corrected chi connectivity index (χ3v) is 7.34. The lowest BCUT2D eigenvalue weighted by molar-refractivity contribution is -0.116. The van der Waals surface area contributed by atoms with Gasteiger partial charge in [0, 0.05) is 24.5 Å². The van der Waals surface area contributed by atoms with Crippen LogP contribution in [0.3, 0.4) is 0 Å². The molecule has 0 aliphatic heterocycles. The molecule has 0 bridgehead atoms. The zero-order valence-electron chi connectivity index (χ0n) is 17.5. The summed E-state index contributed by atoms with van der Waals surface area (Å²) in [4.78, 5) is 17.3. The van der Waals surface area contributed by atoms with E-state index in [1.54, 1.807) is 44.3 Å². The number of sulfonamides is 1. The van der Waals surface area contributed by atoms with E-state index in [9.17, 15) is 13.2 Å². The summed E-state index contributed by atoms with van der Waals surface area (Å²) in [5, 5.41) is 8.45. The van der Waals surface area contributed by atoms with Gasteiger partial charge in [-0.1, -0.05) is 25.1 Å². The van der Waals surface area contributed by atoms with Crippen LogP contribution in [-0.2, 0) is 14.8 Å². The van der Waals surface area contributed by atoms with Crippen LogP contribution < -0.4 is 15.4 Å². The first-order valence-corrected chi connectivity index (χ1v) is 11.9. The molecule has 0 fully saturated rings. The Kier molecular flexibility index (Phi) is 7.26. The van der Waals surface area contributed by atoms with Crippen molar-refractivity contribution in [1.82, 2.24) is 9.29 Å². The number of likely N-dealkylation sites (N-methyl/N-ethyl adjacent to an activating group) is 1. The van der Waals surface area contributed by atoms with Crippen LogP contribution in [0.1, 0.15) is 6.92 Å². The molecule has 1 aromatic heterocycles. The molecule has 3 aromatic rings. The van der Waals surface area contributed by atoms with Gasteiger partial charge in [0.15, 0.2) is 5.13 Å². The van der Waals surface area contributed by atoms with Crippen LogP contribution in [0.2, 0.25) is 0 Å². The van der Waals surface area contributed by atoms with E-state index in [0.717, 1.165) is 20.7 Å². The fraction of sp³-hybridized carbons (Fsp3) is 0.238. The highest BCUT2D eigenvalue weighted by atomic mass is 32.2. The van der Waals surface area contributed by atoms with Crippen LogP contribution in [0.25, 0.3) is 11.3 Å². The molecule has 0 saturated heterocycles. The van der Waals surface area contributed by atoms with Crippen molar-refractivity contribution in [3.8, 4) is 17.0 Å². The number of rotatable bonds is 9. The third-order valence-electron chi connectivity index (χ3n) is 4.54. The van der Waals surface area contributed by atoms with Crippen molar-refractivity contribution in [1.29, 1.82) is 0 Å². The maximum absolute atomic E-state index is 12.9. The van der Waals surface area contributed by atoms with Crippen molar-refractivity contribution >= 4 is 38.1 Å². The van der Waals surface area contributed by atoms with E-state index in [2.05, 4.69) is 15.6 Å². The van der Waals surface area contributed by atoms with Crippen molar-refractivity contribution in [3.63, 3.8) is 0 Å². The molecule has 0 saturated carbocycles. The van der Waals surface area contributed by atoms with E-state index in [0.29, 0.717) is 11.4 Å². The lowest BCUT2D eigenvalue weighted by Crippen LogP contribution is -2.37. The van der Waals surface area contributed by atoms with Gasteiger partial charge < -0.3 is 15.4 Å². The maximum Gasteiger partial charge on any atom is 0.243 e. The summed E-state index contributed by atoms with van der Waals surface area (Å²) in [6.45, 7) is 1.53. The lowest BCUT2D eigenvalue weighted by atomic mass is 10.1. The number of hydrogen-bond acceptors (Lipinski definition) is 7. The summed E-state index contributed by atoms with van der Waals surface area (Å²) in [5.41, 5.74) is 2.00. The van der Waals surface area contributed by atoms with Gasteiger partial charge in [-0.15, -0.1) is 11.3 Å². The fourth-order valence-electron chi connectivity index (χ4n) is 2.94. The number of anilines is 2. The number of benzene rings is 2.